The minimum Gasteiger partial charge on any atom is -0.398 e. The smallest absolute Gasteiger partial charge is 0.334 e. The highest BCUT2D eigenvalue weighted by atomic mass is 28.4. The van der Waals surface area contributed by atoms with Gasteiger partial charge in [-0.15, -0.1) is 0 Å². The average molecular weight is 235 g/mol. The molecule has 0 atom stereocenters. The highest BCUT2D eigenvalue weighted by Crippen LogP contribution is 2.12. The van der Waals surface area contributed by atoms with E-state index in [1.54, 1.807) is 21.3 Å². The second kappa shape index (κ2) is 9.29. The van der Waals surface area contributed by atoms with E-state index in [0.717, 1.165) is 38.6 Å². The molecule has 0 unspecified atom stereocenters. The number of hydrogen-bond donors (Lipinski definition) is 1. The first-order chi connectivity index (χ1) is 7.18. The van der Waals surface area contributed by atoms with E-state index >= 15 is 0 Å². The van der Waals surface area contributed by atoms with Crippen molar-refractivity contribution in [3.63, 3.8) is 0 Å². The summed E-state index contributed by atoms with van der Waals surface area (Å²) in [6.45, 7) is 4.97. The number of methoxy groups -OCH3 is 1. The molecule has 15 heavy (non-hydrogen) atoms. The number of nitrogens with one attached hydrogen (secondary N) is 1. The fourth-order valence-electron chi connectivity index (χ4n) is 1.29. The standard InChI is InChI=1S/C10H25NO3Si/c1-12-9-5-7-11-8-6-10-15(4,13-2)14-3/h11H,5-10H2,1-4H3. The van der Waals surface area contributed by atoms with Crippen LogP contribution in [0.4, 0.5) is 0 Å². The SMILES string of the molecule is COCCCNCCC[Si](C)(OC)OC. The van der Waals surface area contributed by atoms with Crippen LogP contribution in [0, 0.1) is 0 Å². The Kier molecular flexibility index (Phi) is 9.33. The van der Waals surface area contributed by atoms with Crippen LogP contribution in [0.2, 0.25) is 12.6 Å². The van der Waals surface area contributed by atoms with Crippen LogP contribution >= 0.6 is 0 Å². The maximum absolute atomic E-state index is 5.40. The monoisotopic (exact) mass is 235 g/mol. The van der Waals surface area contributed by atoms with Crippen LogP contribution in [0.3, 0.4) is 0 Å². The summed E-state index contributed by atoms with van der Waals surface area (Å²) >= 11 is 0. The summed E-state index contributed by atoms with van der Waals surface area (Å²) in [5.74, 6) is 0. The van der Waals surface area contributed by atoms with Gasteiger partial charge in [-0.1, -0.05) is 0 Å². The van der Waals surface area contributed by atoms with Crippen LogP contribution in [-0.2, 0) is 13.6 Å². The molecule has 0 aromatic heterocycles. The highest BCUT2D eigenvalue weighted by molar-refractivity contribution is 6.65. The van der Waals surface area contributed by atoms with Crippen LogP contribution in [0.15, 0.2) is 0 Å². The molecule has 0 amide bonds. The lowest BCUT2D eigenvalue weighted by Crippen LogP contribution is -2.36. The fraction of sp³-hybridized carbons (Fsp3) is 1.00. The van der Waals surface area contributed by atoms with Crippen molar-refractivity contribution in [2.45, 2.75) is 25.4 Å². The Morgan fingerprint density at radius 1 is 1.00 bits per heavy atom. The van der Waals surface area contributed by atoms with Gasteiger partial charge in [0.1, 0.15) is 0 Å². The first-order valence-electron chi connectivity index (χ1n) is 5.48. The van der Waals surface area contributed by atoms with Gasteiger partial charge in [0.05, 0.1) is 0 Å². The topological polar surface area (TPSA) is 39.7 Å². The second-order valence-electron chi connectivity index (χ2n) is 3.74. The Morgan fingerprint density at radius 2 is 1.60 bits per heavy atom. The van der Waals surface area contributed by atoms with Crippen molar-refractivity contribution < 1.29 is 13.6 Å². The lowest BCUT2D eigenvalue weighted by atomic mass is 10.4. The van der Waals surface area contributed by atoms with Crippen molar-refractivity contribution in [2.75, 3.05) is 41.0 Å². The van der Waals surface area contributed by atoms with Crippen LogP contribution < -0.4 is 5.32 Å². The summed E-state index contributed by atoms with van der Waals surface area (Å²) < 4.78 is 15.8. The van der Waals surface area contributed by atoms with Gasteiger partial charge in [0.2, 0.25) is 0 Å². The molecule has 5 heteroatoms. The van der Waals surface area contributed by atoms with E-state index in [1.165, 1.54) is 0 Å². The Labute approximate surface area is 94.5 Å². The zero-order valence-corrected chi connectivity index (χ0v) is 11.5. The number of hydrogen-bond acceptors (Lipinski definition) is 4. The first kappa shape index (κ1) is 15.1. The molecule has 92 valence electrons. The zero-order valence-electron chi connectivity index (χ0n) is 10.5. The maximum Gasteiger partial charge on any atom is 0.334 e. The Balaban J connectivity index is 3.29. The van der Waals surface area contributed by atoms with Crippen molar-refractivity contribution in [1.29, 1.82) is 0 Å². The van der Waals surface area contributed by atoms with Gasteiger partial charge in [0.15, 0.2) is 0 Å². The lowest BCUT2D eigenvalue weighted by Gasteiger charge is -2.22. The van der Waals surface area contributed by atoms with Gasteiger partial charge in [-0.2, -0.15) is 0 Å². The molecular formula is C10H25NO3Si. The Bertz CT molecular complexity index is 143. The van der Waals surface area contributed by atoms with Crippen molar-refractivity contribution >= 4 is 8.56 Å². The van der Waals surface area contributed by atoms with Gasteiger partial charge in [-0.25, -0.2) is 0 Å². The molecule has 0 aliphatic heterocycles. The molecule has 0 saturated carbocycles. The molecule has 0 aliphatic carbocycles. The molecule has 1 N–H and O–H groups in total. The molecule has 0 radical (unpaired) electrons. The largest absolute Gasteiger partial charge is 0.398 e. The lowest BCUT2D eigenvalue weighted by molar-refractivity contribution is 0.194. The van der Waals surface area contributed by atoms with Crippen molar-refractivity contribution in [3.05, 3.63) is 0 Å². The van der Waals surface area contributed by atoms with E-state index in [2.05, 4.69) is 11.9 Å². The van der Waals surface area contributed by atoms with Gasteiger partial charge in [0, 0.05) is 27.9 Å². The third kappa shape index (κ3) is 7.93. The molecule has 0 heterocycles. The van der Waals surface area contributed by atoms with Crippen molar-refractivity contribution in [1.82, 2.24) is 5.32 Å². The van der Waals surface area contributed by atoms with Crippen LogP contribution in [0.25, 0.3) is 0 Å². The molecule has 0 spiro atoms. The summed E-state index contributed by atoms with van der Waals surface area (Å²) in [4.78, 5) is 0. The highest BCUT2D eigenvalue weighted by Gasteiger charge is 2.27. The van der Waals surface area contributed by atoms with Crippen LogP contribution in [-0.4, -0.2) is 49.6 Å². The van der Waals surface area contributed by atoms with E-state index in [0.29, 0.717) is 0 Å². The van der Waals surface area contributed by atoms with E-state index < -0.39 is 8.56 Å². The van der Waals surface area contributed by atoms with Gasteiger partial charge in [-0.3, -0.25) is 0 Å². The van der Waals surface area contributed by atoms with Gasteiger partial charge >= 0.3 is 8.56 Å². The molecule has 0 aromatic carbocycles. The van der Waals surface area contributed by atoms with Gasteiger partial charge in [0.25, 0.3) is 0 Å². The quantitative estimate of drug-likeness (QED) is 0.458. The van der Waals surface area contributed by atoms with Crippen LogP contribution in [0.5, 0.6) is 0 Å². The Morgan fingerprint density at radius 3 is 2.13 bits per heavy atom. The van der Waals surface area contributed by atoms with Crippen molar-refractivity contribution in [3.8, 4) is 0 Å². The minimum atomic E-state index is -1.84. The summed E-state index contributed by atoms with van der Waals surface area (Å²) in [6, 6.07) is 1.04. The molecule has 0 aliphatic rings. The normalized spacial score (nSPS) is 12.0. The number of ether oxygens (including phenoxy) is 1. The van der Waals surface area contributed by atoms with Gasteiger partial charge < -0.3 is 18.9 Å². The summed E-state index contributed by atoms with van der Waals surface area (Å²) in [5, 5.41) is 3.37. The molecule has 0 rings (SSSR count). The predicted octanol–water partition coefficient (Wildman–Crippen LogP) is 1.37. The third-order valence-corrected chi connectivity index (χ3v) is 5.54. The van der Waals surface area contributed by atoms with E-state index in [4.69, 9.17) is 13.6 Å². The number of rotatable bonds is 10. The van der Waals surface area contributed by atoms with E-state index in [9.17, 15) is 0 Å². The average Bonchev–Trinajstić information content (AvgIpc) is 2.27. The van der Waals surface area contributed by atoms with E-state index in [-0.39, 0.29) is 0 Å². The molecule has 0 aromatic rings. The molecule has 0 fully saturated rings. The Hall–Kier alpha value is 0.0569. The summed E-state index contributed by atoms with van der Waals surface area (Å²) in [6.07, 6.45) is 2.18. The predicted molar refractivity (Wildman–Crippen MR) is 64.4 cm³/mol. The van der Waals surface area contributed by atoms with E-state index in [1.807, 2.05) is 0 Å². The van der Waals surface area contributed by atoms with Crippen molar-refractivity contribution in [2.24, 2.45) is 0 Å². The zero-order chi connectivity index (χ0) is 11.6. The minimum absolute atomic E-state index is 0.829. The first-order valence-corrected chi connectivity index (χ1v) is 8.01. The summed E-state index contributed by atoms with van der Waals surface area (Å²) in [5.41, 5.74) is 0. The molecular weight excluding hydrogens is 210 g/mol. The third-order valence-electron chi connectivity index (χ3n) is 2.55. The molecule has 0 bridgehead atoms. The molecule has 0 saturated heterocycles. The summed E-state index contributed by atoms with van der Waals surface area (Å²) in [7, 11) is 3.37. The van der Waals surface area contributed by atoms with Crippen LogP contribution in [0.1, 0.15) is 12.8 Å². The second-order valence-corrected chi connectivity index (χ2v) is 7.33. The maximum atomic E-state index is 5.40. The molecule has 4 nitrogen and oxygen atoms in total. The van der Waals surface area contributed by atoms with Gasteiger partial charge in [-0.05, 0) is 38.5 Å². The fourth-order valence-corrected chi connectivity index (χ4v) is 2.68.